The number of halogens is 3. The number of oxime groups is 1. The van der Waals surface area contributed by atoms with E-state index in [1.807, 2.05) is 30.3 Å². The van der Waals surface area contributed by atoms with E-state index >= 15 is 0 Å². The summed E-state index contributed by atoms with van der Waals surface area (Å²) in [5.74, 6) is -0.885. The number of nitrogens with zero attached hydrogens (tertiary/aromatic N) is 4. The molecule has 212 valence electrons. The molecule has 0 bridgehead atoms. The molecular weight excluding hydrogens is 547 g/mol. The number of hydrogen-bond acceptors (Lipinski definition) is 8. The summed E-state index contributed by atoms with van der Waals surface area (Å²) in [7, 11) is 0. The second-order valence-corrected chi connectivity index (χ2v) is 10.8. The molecule has 1 aliphatic heterocycles. The Hall–Kier alpha value is -3.87. The third-order valence-corrected chi connectivity index (χ3v) is 7.56. The molecule has 1 fully saturated rings. The van der Waals surface area contributed by atoms with Crippen molar-refractivity contribution in [3.8, 4) is 0 Å². The molecule has 1 saturated heterocycles. The van der Waals surface area contributed by atoms with Crippen molar-refractivity contribution in [1.82, 2.24) is 20.4 Å². The molecule has 0 aliphatic carbocycles. The van der Waals surface area contributed by atoms with Crippen LogP contribution in [-0.2, 0) is 23.8 Å². The average molecular weight is 576 g/mol. The smallest absolute Gasteiger partial charge is 0.409 e. The lowest BCUT2D eigenvalue weighted by atomic mass is 9.99. The Kier molecular flexibility index (Phi) is 9.13. The van der Waals surface area contributed by atoms with Gasteiger partial charge in [-0.05, 0) is 23.1 Å². The summed E-state index contributed by atoms with van der Waals surface area (Å²) in [5.41, 5.74) is 0.555. The first-order valence-corrected chi connectivity index (χ1v) is 13.6. The van der Waals surface area contributed by atoms with Gasteiger partial charge in [0.25, 0.3) is 0 Å². The maximum absolute atomic E-state index is 13.2. The van der Waals surface area contributed by atoms with Crippen LogP contribution in [0.3, 0.4) is 0 Å². The van der Waals surface area contributed by atoms with Crippen LogP contribution in [0.1, 0.15) is 47.0 Å². The fraction of sp³-hybridized carbons (Fsp3) is 0.370. The van der Waals surface area contributed by atoms with E-state index in [-0.39, 0.29) is 36.0 Å². The van der Waals surface area contributed by atoms with Crippen molar-refractivity contribution in [2.24, 2.45) is 11.1 Å². The number of aromatic nitrogens is 2. The number of nitrogens with one attached hydrogen (secondary N) is 1. The Morgan fingerprint density at radius 1 is 1.18 bits per heavy atom. The molecule has 2 N–H and O–H groups in total. The first kappa shape index (κ1) is 29.1. The van der Waals surface area contributed by atoms with E-state index in [1.54, 1.807) is 30.5 Å². The fourth-order valence-electron chi connectivity index (χ4n) is 4.28. The number of thioether (sulfide) groups is 1. The zero-order valence-corrected chi connectivity index (χ0v) is 22.6. The van der Waals surface area contributed by atoms with Gasteiger partial charge in [-0.1, -0.05) is 72.7 Å². The maximum atomic E-state index is 13.2. The quantitative estimate of drug-likeness (QED) is 0.207. The van der Waals surface area contributed by atoms with Crippen LogP contribution >= 0.6 is 11.8 Å². The first-order chi connectivity index (χ1) is 19.0. The lowest BCUT2D eigenvalue weighted by Gasteiger charge is -2.27. The largest absolute Gasteiger partial charge is 0.416 e. The van der Waals surface area contributed by atoms with Crippen LogP contribution in [0.4, 0.5) is 13.2 Å². The topological polar surface area (TPSA) is 121 Å². The fourth-order valence-corrected chi connectivity index (χ4v) is 5.53. The maximum Gasteiger partial charge on any atom is 0.416 e. The summed E-state index contributed by atoms with van der Waals surface area (Å²) >= 11 is 1.55. The van der Waals surface area contributed by atoms with Gasteiger partial charge < -0.3 is 19.9 Å². The standard InChI is InChI=1S/C27H28F3N5O4S/c1-16(2)24(25(37)26-32-22(39-34-26)12-18-9-6-10-19(11-18)27(28,29)30)31-21(36)14-35-20(33-38)15-40-23(35)13-17-7-4-3-5-8-17/h3-11,16,23-24,38H,12-15H2,1-2H3,(H,31,36)/t23-,24+/m0/s1. The number of Topliss-reactive ketones (excluding diaryl/α,β-unsaturated/α-hetero) is 1. The normalized spacial score (nSPS) is 17.4. The van der Waals surface area contributed by atoms with E-state index < -0.39 is 29.5 Å². The number of carbonyl (C=O) groups is 2. The van der Waals surface area contributed by atoms with Gasteiger partial charge in [-0.3, -0.25) is 9.59 Å². The minimum absolute atomic E-state index is 0.0295. The molecule has 1 aromatic heterocycles. The number of hydrogen-bond donors (Lipinski definition) is 2. The number of rotatable bonds is 10. The Balaban J connectivity index is 1.42. The molecule has 40 heavy (non-hydrogen) atoms. The lowest BCUT2D eigenvalue weighted by Crippen LogP contribution is -2.50. The highest BCUT2D eigenvalue weighted by atomic mass is 32.2. The number of benzene rings is 2. The van der Waals surface area contributed by atoms with E-state index in [4.69, 9.17) is 4.52 Å². The second kappa shape index (κ2) is 12.5. The van der Waals surface area contributed by atoms with E-state index in [0.717, 1.165) is 17.7 Å². The zero-order valence-electron chi connectivity index (χ0n) is 21.8. The molecule has 13 heteroatoms. The van der Waals surface area contributed by atoms with Crippen LogP contribution in [0, 0.1) is 5.92 Å². The molecule has 2 heterocycles. The highest BCUT2D eigenvalue weighted by Crippen LogP contribution is 2.30. The van der Waals surface area contributed by atoms with Crippen molar-refractivity contribution in [3.05, 3.63) is 83.0 Å². The number of ketones is 1. The monoisotopic (exact) mass is 575 g/mol. The van der Waals surface area contributed by atoms with Gasteiger partial charge in [0.15, 0.2) is 5.84 Å². The number of alkyl halides is 3. The summed E-state index contributed by atoms with van der Waals surface area (Å²) in [5, 5.41) is 19.1. The van der Waals surface area contributed by atoms with Crippen molar-refractivity contribution in [2.75, 3.05) is 12.3 Å². The minimum Gasteiger partial charge on any atom is -0.409 e. The number of carbonyl (C=O) groups excluding carboxylic acids is 2. The zero-order chi connectivity index (χ0) is 28.9. The summed E-state index contributed by atoms with van der Waals surface area (Å²) in [6, 6.07) is 13.5. The summed E-state index contributed by atoms with van der Waals surface area (Å²) in [4.78, 5) is 32.0. The molecule has 0 unspecified atom stereocenters. The molecule has 2 atom stereocenters. The van der Waals surface area contributed by atoms with Crippen LogP contribution < -0.4 is 5.32 Å². The molecular formula is C27H28F3N5O4S. The lowest BCUT2D eigenvalue weighted by molar-refractivity contribution is -0.137. The SMILES string of the molecule is CC(C)[C@@H](NC(=O)CN1C(=NO)CS[C@H]1Cc1ccccc1)C(=O)c1noc(Cc2cccc(C(F)(F)F)c2)n1. The third kappa shape index (κ3) is 7.20. The van der Waals surface area contributed by atoms with Crippen molar-refractivity contribution < 1.29 is 32.5 Å². The van der Waals surface area contributed by atoms with Crippen molar-refractivity contribution in [3.63, 3.8) is 0 Å². The van der Waals surface area contributed by atoms with Crippen molar-refractivity contribution in [2.45, 2.75) is 44.3 Å². The number of amidine groups is 1. The van der Waals surface area contributed by atoms with E-state index in [0.29, 0.717) is 23.6 Å². The number of amides is 1. The van der Waals surface area contributed by atoms with Crippen molar-refractivity contribution in [1.29, 1.82) is 0 Å². The van der Waals surface area contributed by atoms with Gasteiger partial charge in [0.1, 0.15) is 0 Å². The Bertz CT molecular complexity index is 1360. The van der Waals surface area contributed by atoms with Gasteiger partial charge in [0.05, 0.1) is 35.7 Å². The molecule has 0 radical (unpaired) electrons. The summed E-state index contributed by atoms with van der Waals surface area (Å²) in [6.45, 7) is 3.36. The van der Waals surface area contributed by atoms with E-state index in [9.17, 15) is 28.0 Å². The minimum atomic E-state index is -4.49. The highest BCUT2D eigenvalue weighted by Gasteiger charge is 2.35. The first-order valence-electron chi connectivity index (χ1n) is 12.5. The Morgan fingerprint density at radius 2 is 1.90 bits per heavy atom. The van der Waals surface area contributed by atoms with Gasteiger partial charge in [-0.25, -0.2) is 0 Å². The predicted octanol–water partition coefficient (Wildman–Crippen LogP) is 4.41. The Labute approximate surface area is 232 Å². The summed E-state index contributed by atoms with van der Waals surface area (Å²) < 4.78 is 44.2. The molecule has 3 aromatic rings. The van der Waals surface area contributed by atoms with Crippen molar-refractivity contribution >= 4 is 29.3 Å². The van der Waals surface area contributed by atoms with E-state index in [1.165, 1.54) is 12.1 Å². The average Bonchev–Trinajstić information content (AvgIpc) is 3.54. The van der Waals surface area contributed by atoms with Crippen LogP contribution in [0.2, 0.25) is 0 Å². The molecule has 0 saturated carbocycles. The third-order valence-electron chi connectivity index (χ3n) is 6.33. The van der Waals surface area contributed by atoms with Crippen LogP contribution in [-0.4, -0.2) is 61.5 Å². The predicted molar refractivity (Wildman–Crippen MR) is 142 cm³/mol. The molecule has 1 aliphatic rings. The molecule has 9 nitrogen and oxygen atoms in total. The molecule has 1 amide bonds. The van der Waals surface area contributed by atoms with Crippen LogP contribution in [0.25, 0.3) is 0 Å². The highest BCUT2D eigenvalue weighted by molar-refractivity contribution is 8.01. The van der Waals surface area contributed by atoms with Gasteiger partial charge in [-0.2, -0.15) is 18.2 Å². The van der Waals surface area contributed by atoms with Crippen LogP contribution in [0.5, 0.6) is 0 Å². The summed E-state index contributed by atoms with van der Waals surface area (Å²) in [6.07, 6.45) is -3.96. The molecule has 2 aromatic carbocycles. The molecule has 0 spiro atoms. The second-order valence-electron chi connectivity index (χ2n) is 9.64. The van der Waals surface area contributed by atoms with Gasteiger partial charge in [0, 0.05) is 6.42 Å². The van der Waals surface area contributed by atoms with Crippen LogP contribution in [0.15, 0.2) is 64.3 Å². The Morgan fingerprint density at radius 3 is 2.58 bits per heavy atom. The van der Waals surface area contributed by atoms with Gasteiger partial charge in [-0.15, -0.1) is 11.8 Å². The van der Waals surface area contributed by atoms with Gasteiger partial charge in [0.2, 0.25) is 23.4 Å². The molecule has 4 rings (SSSR count). The van der Waals surface area contributed by atoms with E-state index in [2.05, 4.69) is 20.6 Å². The van der Waals surface area contributed by atoms with Gasteiger partial charge >= 0.3 is 6.18 Å².